The molecule has 0 rings (SSSR count). The largest absolute Gasteiger partial charge is 0.390 e. The third-order valence-corrected chi connectivity index (χ3v) is 1.04. The van der Waals surface area contributed by atoms with Crippen LogP contribution in [0.1, 0.15) is 0 Å². The standard InChI is InChI=1S/C5H9ClN2/c1-8-5(4-6)2-3-7/h2-3,7-8H,4H2,1H3/b5-2-,7-3?. The summed E-state index contributed by atoms with van der Waals surface area (Å²) in [6, 6.07) is 0. The number of rotatable bonds is 3. The molecule has 0 saturated heterocycles. The second-order valence-corrected chi connectivity index (χ2v) is 1.51. The van der Waals surface area contributed by atoms with Crippen LogP contribution in [-0.2, 0) is 0 Å². The topological polar surface area (TPSA) is 35.9 Å². The molecule has 0 atom stereocenters. The molecule has 0 aliphatic rings. The molecule has 0 amide bonds. The molecular formula is C5H9ClN2. The maximum Gasteiger partial charge on any atom is 0.0622 e. The summed E-state index contributed by atoms with van der Waals surface area (Å²) in [5.41, 5.74) is 0.863. The third-order valence-electron chi connectivity index (χ3n) is 0.750. The van der Waals surface area contributed by atoms with Crippen molar-refractivity contribution in [1.82, 2.24) is 5.32 Å². The minimum Gasteiger partial charge on any atom is -0.390 e. The van der Waals surface area contributed by atoms with Gasteiger partial charge in [-0.25, -0.2) is 0 Å². The summed E-state index contributed by atoms with van der Waals surface area (Å²) in [7, 11) is 1.78. The van der Waals surface area contributed by atoms with Gasteiger partial charge in [0, 0.05) is 19.0 Å². The zero-order valence-corrected chi connectivity index (χ0v) is 5.50. The molecule has 0 aromatic rings. The average molecular weight is 133 g/mol. The van der Waals surface area contributed by atoms with Gasteiger partial charge in [0.25, 0.3) is 0 Å². The molecule has 0 unspecified atom stereocenters. The fourth-order valence-electron chi connectivity index (χ4n) is 0.295. The Morgan fingerprint density at radius 1 is 1.88 bits per heavy atom. The summed E-state index contributed by atoms with van der Waals surface area (Å²) in [5.74, 6) is 0.436. The highest BCUT2D eigenvalue weighted by Gasteiger charge is 1.83. The van der Waals surface area contributed by atoms with Crippen LogP contribution in [0.2, 0.25) is 0 Å². The number of hydrogen-bond acceptors (Lipinski definition) is 2. The van der Waals surface area contributed by atoms with E-state index in [2.05, 4.69) is 5.32 Å². The van der Waals surface area contributed by atoms with Gasteiger partial charge in [0.05, 0.1) is 5.88 Å². The van der Waals surface area contributed by atoms with E-state index in [4.69, 9.17) is 17.0 Å². The molecule has 0 aliphatic carbocycles. The zero-order chi connectivity index (χ0) is 6.41. The Hall–Kier alpha value is -0.500. The predicted octanol–water partition coefficient (Wildman–Crippen LogP) is 0.978. The lowest BCUT2D eigenvalue weighted by Crippen LogP contribution is -2.06. The first-order chi connectivity index (χ1) is 3.85. The maximum atomic E-state index is 6.64. The molecule has 0 spiro atoms. The van der Waals surface area contributed by atoms with Crippen LogP contribution in [0.3, 0.4) is 0 Å². The highest BCUT2D eigenvalue weighted by Crippen LogP contribution is 1.87. The lowest BCUT2D eigenvalue weighted by molar-refractivity contribution is 0.997. The van der Waals surface area contributed by atoms with Gasteiger partial charge in [0.15, 0.2) is 0 Å². The van der Waals surface area contributed by atoms with Crippen molar-refractivity contribution < 1.29 is 0 Å². The maximum absolute atomic E-state index is 6.64. The van der Waals surface area contributed by atoms with Gasteiger partial charge in [-0.2, -0.15) is 0 Å². The summed E-state index contributed by atoms with van der Waals surface area (Å²) in [5, 5.41) is 9.47. The first-order valence-corrected chi connectivity index (χ1v) is 2.82. The summed E-state index contributed by atoms with van der Waals surface area (Å²) >= 11 is 5.41. The molecular weight excluding hydrogens is 124 g/mol. The quantitative estimate of drug-likeness (QED) is 0.436. The lowest BCUT2D eigenvalue weighted by Gasteiger charge is -1.96. The van der Waals surface area contributed by atoms with Gasteiger partial charge in [-0.05, 0) is 6.08 Å². The Morgan fingerprint density at radius 2 is 2.50 bits per heavy atom. The SMILES string of the molecule is CN/C(=C\C=N)CCl. The van der Waals surface area contributed by atoms with E-state index in [9.17, 15) is 0 Å². The van der Waals surface area contributed by atoms with E-state index in [1.165, 1.54) is 6.21 Å². The number of halogens is 1. The van der Waals surface area contributed by atoms with Crippen LogP contribution in [0.4, 0.5) is 0 Å². The fraction of sp³-hybridized carbons (Fsp3) is 0.400. The minimum absolute atomic E-state index is 0.436. The second kappa shape index (κ2) is 4.65. The van der Waals surface area contributed by atoms with Crippen LogP contribution in [0.15, 0.2) is 11.8 Å². The van der Waals surface area contributed by atoms with Gasteiger partial charge in [0.1, 0.15) is 0 Å². The predicted molar refractivity (Wildman–Crippen MR) is 36.6 cm³/mol. The number of alkyl halides is 1. The molecule has 3 heteroatoms. The monoisotopic (exact) mass is 132 g/mol. The van der Waals surface area contributed by atoms with Gasteiger partial charge in [-0.1, -0.05) is 0 Å². The van der Waals surface area contributed by atoms with E-state index >= 15 is 0 Å². The van der Waals surface area contributed by atoms with Crippen molar-refractivity contribution in [3.8, 4) is 0 Å². The van der Waals surface area contributed by atoms with Gasteiger partial charge in [0.2, 0.25) is 0 Å². The molecule has 0 radical (unpaired) electrons. The Kier molecular flexibility index (Phi) is 4.36. The Morgan fingerprint density at radius 3 is 2.62 bits per heavy atom. The van der Waals surface area contributed by atoms with E-state index < -0.39 is 0 Å². The van der Waals surface area contributed by atoms with E-state index in [1.807, 2.05) is 0 Å². The molecule has 0 bridgehead atoms. The zero-order valence-electron chi connectivity index (χ0n) is 4.74. The molecule has 2 nitrogen and oxygen atoms in total. The summed E-state index contributed by atoms with van der Waals surface area (Å²) < 4.78 is 0. The highest BCUT2D eigenvalue weighted by atomic mass is 35.5. The minimum atomic E-state index is 0.436. The van der Waals surface area contributed by atoms with Crippen molar-refractivity contribution in [1.29, 1.82) is 5.41 Å². The van der Waals surface area contributed by atoms with E-state index in [-0.39, 0.29) is 0 Å². The van der Waals surface area contributed by atoms with E-state index in [0.717, 1.165) is 5.70 Å². The van der Waals surface area contributed by atoms with Crippen molar-refractivity contribution in [2.75, 3.05) is 12.9 Å². The summed E-state index contributed by atoms with van der Waals surface area (Å²) in [6.07, 6.45) is 2.82. The molecule has 0 aromatic heterocycles. The van der Waals surface area contributed by atoms with Crippen LogP contribution >= 0.6 is 11.6 Å². The number of allylic oxidation sites excluding steroid dienone is 2. The first-order valence-electron chi connectivity index (χ1n) is 2.28. The molecule has 0 saturated carbocycles. The molecule has 2 N–H and O–H groups in total. The van der Waals surface area contributed by atoms with Crippen LogP contribution in [0, 0.1) is 5.41 Å². The van der Waals surface area contributed by atoms with Crippen molar-refractivity contribution in [2.45, 2.75) is 0 Å². The second-order valence-electron chi connectivity index (χ2n) is 1.24. The van der Waals surface area contributed by atoms with Crippen LogP contribution in [-0.4, -0.2) is 19.1 Å². The number of nitrogens with one attached hydrogen (secondary N) is 2. The fourth-order valence-corrected chi connectivity index (χ4v) is 0.518. The normalized spacial score (nSPS) is 11.0. The molecule has 46 valence electrons. The molecule has 8 heavy (non-hydrogen) atoms. The van der Waals surface area contributed by atoms with Crippen molar-refractivity contribution in [2.24, 2.45) is 0 Å². The first kappa shape index (κ1) is 7.50. The van der Waals surface area contributed by atoms with Gasteiger partial charge >= 0.3 is 0 Å². The Labute approximate surface area is 54.0 Å². The van der Waals surface area contributed by atoms with Crippen molar-refractivity contribution in [3.63, 3.8) is 0 Å². The van der Waals surface area contributed by atoms with Crippen LogP contribution < -0.4 is 5.32 Å². The van der Waals surface area contributed by atoms with E-state index in [0.29, 0.717) is 5.88 Å². The van der Waals surface area contributed by atoms with Crippen molar-refractivity contribution in [3.05, 3.63) is 11.8 Å². The molecule has 0 heterocycles. The summed E-state index contributed by atoms with van der Waals surface area (Å²) in [4.78, 5) is 0. The Balaban J connectivity index is 3.66. The van der Waals surface area contributed by atoms with Gasteiger partial charge in [-0.15, -0.1) is 11.6 Å². The highest BCUT2D eigenvalue weighted by molar-refractivity contribution is 6.19. The van der Waals surface area contributed by atoms with Crippen LogP contribution in [0.25, 0.3) is 0 Å². The van der Waals surface area contributed by atoms with Crippen molar-refractivity contribution >= 4 is 17.8 Å². The number of hydrogen-bond donors (Lipinski definition) is 2. The van der Waals surface area contributed by atoms with Gasteiger partial charge < -0.3 is 10.7 Å². The molecule has 0 fully saturated rings. The smallest absolute Gasteiger partial charge is 0.0622 e. The Bertz CT molecular complexity index is 92.6. The van der Waals surface area contributed by atoms with Gasteiger partial charge in [-0.3, -0.25) is 0 Å². The van der Waals surface area contributed by atoms with Crippen LogP contribution in [0.5, 0.6) is 0 Å². The lowest BCUT2D eigenvalue weighted by atomic mass is 10.4. The van der Waals surface area contributed by atoms with E-state index in [1.54, 1.807) is 13.1 Å². The average Bonchev–Trinajstić information content (AvgIpc) is 1.83. The third kappa shape index (κ3) is 2.64. The summed E-state index contributed by atoms with van der Waals surface area (Å²) in [6.45, 7) is 0. The molecule has 0 aliphatic heterocycles. The molecule has 0 aromatic carbocycles.